The van der Waals surface area contributed by atoms with Crippen molar-refractivity contribution in [2.45, 2.75) is 12.5 Å². The molecule has 2 rings (SSSR count). The van der Waals surface area contributed by atoms with Crippen molar-refractivity contribution >= 4 is 0 Å². The van der Waals surface area contributed by atoms with Crippen LogP contribution in [0.15, 0.2) is 48.5 Å². The molecule has 0 aliphatic rings. The van der Waals surface area contributed by atoms with Crippen LogP contribution >= 0.6 is 0 Å². The van der Waals surface area contributed by atoms with Gasteiger partial charge in [0.15, 0.2) is 0 Å². The van der Waals surface area contributed by atoms with Crippen LogP contribution in [-0.4, -0.2) is 18.8 Å². The van der Waals surface area contributed by atoms with Crippen LogP contribution in [0.2, 0.25) is 0 Å². The Kier molecular flexibility index (Phi) is 4.96. The maximum Gasteiger partial charge on any atom is 0.132 e. The van der Waals surface area contributed by atoms with Gasteiger partial charge in [-0.05, 0) is 24.3 Å². The summed E-state index contributed by atoms with van der Waals surface area (Å²) >= 11 is 0. The average molecular weight is 276 g/mol. The highest BCUT2D eigenvalue weighted by Gasteiger charge is 2.13. The molecule has 0 spiro atoms. The number of hydrogen-bond donors (Lipinski definition) is 1. The van der Waals surface area contributed by atoms with E-state index < -0.39 is 11.9 Å². The molecule has 0 saturated carbocycles. The van der Waals surface area contributed by atoms with E-state index in [1.54, 1.807) is 6.07 Å². The molecule has 0 fully saturated rings. The van der Waals surface area contributed by atoms with E-state index in [9.17, 15) is 9.50 Å². The molecule has 1 atom stereocenters. The van der Waals surface area contributed by atoms with Crippen LogP contribution in [0, 0.1) is 5.82 Å². The van der Waals surface area contributed by atoms with Gasteiger partial charge >= 0.3 is 0 Å². The first kappa shape index (κ1) is 14.3. The molecule has 0 heterocycles. The molecule has 20 heavy (non-hydrogen) atoms. The summed E-state index contributed by atoms with van der Waals surface area (Å²) in [4.78, 5) is 0. The Morgan fingerprint density at radius 3 is 2.50 bits per heavy atom. The molecule has 0 saturated heterocycles. The van der Waals surface area contributed by atoms with E-state index in [2.05, 4.69) is 0 Å². The van der Waals surface area contributed by atoms with Gasteiger partial charge in [-0.25, -0.2) is 4.39 Å². The molecule has 2 aromatic rings. The predicted molar refractivity (Wildman–Crippen MR) is 74.5 cm³/mol. The Morgan fingerprint density at radius 1 is 1.10 bits per heavy atom. The van der Waals surface area contributed by atoms with Gasteiger partial charge in [0, 0.05) is 18.1 Å². The molecular weight excluding hydrogens is 259 g/mol. The zero-order valence-electron chi connectivity index (χ0n) is 11.3. The lowest BCUT2D eigenvalue weighted by Gasteiger charge is -2.13. The fourth-order valence-electron chi connectivity index (χ4n) is 1.87. The van der Waals surface area contributed by atoms with Crippen LogP contribution in [0.4, 0.5) is 4.39 Å². The van der Waals surface area contributed by atoms with Crippen molar-refractivity contribution in [3.05, 3.63) is 59.9 Å². The minimum Gasteiger partial charge on any atom is -0.497 e. The maximum absolute atomic E-state index is 13.8. The number of rotatable bonds is 6. The Bertz CT molecular complexity index is 543. The van der Waals surface area contributed by atoms with E-state index in [-0.39, 0.29) is 5.56 Å². The van der Waals surface area contributed by atoms with Gasteiger partial charge in [0.05, 0.1) is 19.8 Å². The molecule has 0 aliphatic heterocycles. The van der Waals surface area contributed by atoms with Crippen molar-refractivity contribution < 1.29 is 19.0 Å². The smallest absolute Gasteiger partial charge is 0.132 e. The largest absolute Gasteiger partial charge is 0.497 e. The monoisotopic (exact) mass is 276 g/mol. The first-order valence-corrected chi connectivity index (χ1v) is 6.40. The lowest BCUT2D eigenvalue weighted by molar-refractivity contribution is 0.137. The predicted octanol–water partition coefficient (Wildman–Crippen LogP) is 3.34. The van der Waals surface area contributed by atoms with E-state index in [0.29, 0.717) is 18.8 Å². The number of benzene rings is 2. The SMILES string of the molecule is COc1ccc(C(O)CCOc2ccccc2)c(F)c1. The second kappa shape index (κ2) is 6.91. The lowest BCUT2D eigenvalue weighted by Crippen LogP contribution is -2.07. The normalized spacial score (nSPS) is 11.9. The van der Waals surface area contributed by atoms with Crippen molar-refractivity contribution in [3.8, 4) is 11.5 Å². The number of halogens is 1. The lowest BCUT2D eigenvalue weighted by atomic mass is 10.1. The third-order valence-electron chi connectivity index (χ3n) is 2.97. The summed E-state index contributed by atoms with van der Waals surface area (Å²) in [7, 11) is 1.47. The Hall–Kier alpha value is -2.07. The Balaban J connectivity index is 1.90. The molecule has 0 aliphatic carbocycles. The van der Waals surface area contributed by atoms with Crippen molar-refractivity contribution in [3.63, 3.8) is 0 Å². The van der Waals surface area contributed by atoms with Gasteiger partial charge in [-0.3, -0.25) is 0 Å². The van der Waals surface area contributed by atoms with Crippen molar-refractivity contribution in [1.29, 1.82) is 0 Å². The van der Waals surface area contributed by atoms with Gasteiger partial charge in [0.2, 0.25) is 0 Å². The summed E-state index contributed by atoms with van der Waals surface area (Å²) in [6.07, 6.45) is -0.581. The van der Waals surface area contributed by atoms with E-state index in [1.165, 1.54) is 19.2 Å². The molecular formula is C16H17FO3. The highest BCUT2D eigenvalue weighted by Crippen LogP contribution is 2.24. The Labute approximate surface area is 117 Å². The number of para-hydroxylation sites is 1. The maximum atomic E-state index is 13.8. The molecule has 0 radical (unpaired) electrons. The number of methoxy groups -OCH3 is 1. The molecule has 0 amide bonds. The second-order valence-electron chi connectivity index (χ2n) is 4.35. The van der Waals surface area contributed by atoms with Crippen molar-refractivity contribution in [2.75, 3.05) is 13.7 Å². The molecule has 0 aromatic heterocycles. The topological polar surface area (TPSA) is 38.7 Å². The molecule has 3 nitrogen and oxygen atoms in total. The zero-order chi connectivity index (χ0) is 14.4. The zero-order valence-corrected chi connectivity index (χ0v) is 11.3. The minimum absolute atomic E-state index is 0.252. The van der Waals surface area contributed by atoms with Gasteiger partial charge in [0.1, 0.15) is 17.3 Å². The molecule has 1 unspecified atom stereocenters. The summed E-state index contributed by atoms with van der Waals surface area (Å²) in [5, 5.41) is 9.98. The van der Waals surface area contributed by atoms with Crippen molar-refractivity contribution in [2.24, 2.45) is 0 Å². The summed E-state index contributed by atoms with van der Waals surface area (Å²) in [6, 6.07) is 13.7. The number of aliphatic hydroxyl groups is 1. The van der Waals surface area contributed by atoms with Gasteiger partial charge in [-0.15, -0.1) is 0 Å². The van der Waals surface area contributed by atoms with Crippen LogP contribution < -0.4 is 9.47 Å². The van der Waals surface area contributed by atoms with E-state index in [0.717, 1.165) is 5.75 Å². The highest BCUT2D eigenvalue weighted by atomic mass is 19.1. The summed E-state index contributed by atoms with van der Waals surface area (Å²) < 4.78 is 24.2. The first-order chi connectivity index (χ1) is 9.70. The fraction of sp³-hybridized carbons (Fsp3) is 0.250. The highest BCUT2D eigenvalue weighted by molar-refractivity contribution is 5.30. The van der Waals surface area contributed by atoms with Gasteiger partial charge in [-0.2, -0.15) is 0 Å². The molecule has 0 bridgehead atoms. The van der Waals surface area contributed by atoms with Gasteiger partial charge in [-0.1, -0.05) is 18.2 Å². The van der Waals surface area contributed by atoms with Crippen LogP contribution in [-0.2, 0) is 0 Å². The van der Waals surface area contributed by atoms with Crippen LogP contribution in [0.25, 0.3) is 0 Å². The first-order valence-electron chi connectivity index (χ1n) is 6.40. The molecule has 1 N–H and O–H groups in total. The van der Waals surface area contributed by atoms with Gasteiger partial charge in [0.25, 0.3) is 0 Å². The Morgan fingerprint density at radius 2 is 1.85 bits per heavy atom. The number of ether oxygens (including phenoxy) is 2. The van der Waals surface area contributed by atoms with E-state index >= 15 is 0 Å². The summed E-state index contributed by atoms with van der Waals surface area (Å²) in [5.41, 5.74) is 0.252. The number of hydrogen-bond acceptors (Lipinski definition) is 3. The second-order valence-corrected chi connectivity index (χ2v) is 4.35. The van der Waals surface area contributed by atoms with Crippen LogP contribution in [0.5, 0.6) is 11.5 Å². The fourth-order valence-corrected chi connectivity index (χ4v) is 1.87. The molecule has 4 heteroatoms. The average Bonchev–Trinajstić information content (AvgIpc) is 2.48. The minimum atomic E-state index is -0.899. The van der Waals surface area contributed by atoms with Gasteiger partial charge < -0.3 is 14.6 Å². The molecule has 106 valence electrons. The molecule has 2 aromatic carbocycles. The summed E-state index contributed by atoms with van der Waals surface area (Å²) in [5.74, 6) is 0.686. The quantitative estimate of drug-likeness (QED) is 0.879. The number of aliphatic hydroxyl groups excluding tert-OH is 1. The van der Waals surface area contributed by atoms with E-state index in [1.807, 2.05) is 30.3 Å². The third-order valence-corrected chi connectivity index (χ3v) is 2.97. The van der Waals surface area contributed by atoms with Crippen LogP contribution in [0.3, 0.4) is 0 Å². The van der Waals surface area contributed by atoms with Crippen molar-refractivity contribution in [1.82, 2.24) is 0 Å². The van der Waals surface area contributed by atoms with E-state index in [4.69, 9.17) is 9.47 Å². The van der Waals surface area contributed by atoms with Crippen LogP contribution in [0.1, 0.15) is 18.1 Å². The summed E-state index contributed by atoms with van der Waals surface area (Å²) in [6.45, 7) is 0.316. The third kappa shape index (κ3) is 3.71. The standard InChI is InChI=1S/C16H17FO3/c1-19-13-7-8-14(15(17)11-13)16(18)9-10-20-12-5-3-2-4-6-12/h2-8,11,16,18H,9-10H2,1H3.